The molecule has 0 aromatic carbocycles. The molecule has 64 valence electrons. The van der Waals surface area contributed by atoms with Crippen molar-refractivity contribution in [2.45, 2.75) is 26.7 Å². The molecule has 2 heteroatoms. The lowest BCUT2D eigenvalue weighted by Gasteiger charge is -2.11. The molecule has 1 unspecified atom stereocenters. The normalized spacial score (nSPS) is 25.8. The molecule has 2 nitrogen and oxygen atoms in total. The Morgan fingerprint density at radius 2 is 2.36 bits per heavy atom. The Kier molecular flexibility index (Phi) is 3.06. The Bertz CT molecular complexity index is 144. The van der Waals surface area contributed by atoms with E-state index in [1.54, 1.807) is 6.92 Å². The van der Waals surface area contributed by atoms with E-state index in [-0.39, 0.29) is 0 Å². The summed E-state index contributed by atoms with van der Waals surface area (Å²) in [4.78, 5) is 13.2. The van der Waals surface area contributed by atoms with Crippen molar-refractivity contribution in [2.24, 2.45) is 5.92 Å². The van der Waals surface area contributed by atoms with Crippen LogP contribution in [-0.2, 0) is 4.79 Å². The van der Waals surface area contributed by atoms with Crippen molar-refractivity contribution in [1.82, 2.24) is 4.90 Å². The predicted molar refractivity (Wildman–Crippen MR) is 45.5 cm³/mol. The molecule has 1 aliphatic heterocycles. The van der Waals surface area contributed by atoms with Gasteiger partial charge in [0.2, 0.25) is 0 Å². The van der Waals surface area contributed by atoms with E-state index in [2.05, 4.69) is 11.8 Å². The number of Topliss-reactive ketones (excluding diaryl/α,β-unsaturated/α-hetero) is 1. The lowest BCUT2D eigenvalue weighted by molar-refractivity contribution is -0.117. The van der Waals surface area contributed by atoms with Crippen LogP contribution < -0.4 is 0 Å². The first-order valence-corrected chi connectivity index (χ1v) is 4.44. The summed E-state index contributed by atoms with van der Waals surface area (Å²) in [7, 11) is 0. The lowest BCUT2D eigenvalue weighted by atomic mass is 10.0. The Labute approximate surface area is 68.6 Å². The van der Waals surface area contributed by atoms with Crippen molar-refractivity contribution >= 4 is 5.78 Å². The summed E-state index contributed by atoms with van der Waals surface area (Å²) in [5.41, 5.74) is 0. The molecule has 11 heavy (non-hydrogen) atoms. The minimum atomic E-state index is 0.341. The maximum atomic E-state index is 10.8. The van der Waals surface area contributed by atoms with Gasteiger partial charge in [-0.3, -0.25) is 0 Å². The molecule has 0 aromatic rings. The van der Waals surface area contributed by atoms with Crippen molar-refractivity contribution in [1.29, 1.82) is 0 Å². The zero-order chi connectivity index (χ0) is 8.27. The Balaban J connectivity index is 2.24. The minimum Gasteiger partial charge on any atom is -0.303 e. The van der Waals surface area contributed by atoms with Crippen LogP contribution in [0.3, 0.4) is 0 Å². The van der Waals surface area contributed by atoms with Gasteiger partial charge >= 0.3 is 0 Å². The molecule has 1 fully saturated rings. The number of hydrogen-bond acceptors (Lipinski definition) is 2. The first-order valence-electron chi connectivity index (χ1n) is 4.44. The SMILES string of the molecule is CCN1CCC(CC(C)=O)C1. The van der Waals surface area contributed by atoms with Crippen LogP contribution in [0.25, 0.3) is 0 Å². The zero-order valence-corrected chi connectivity index (χ0v) is 7.47. The fraction of sp³-hybridized carbons (Fsp3) is 0.889. The summed E-state index contributed by atoms with van der Waals surface area (Å²) >= 11 is 0. The third kappa shape index (κ3) is 2.62. The van der Waals surface area contributed by atoms with E-state index in [1.807, 2.05) is 0 Å². The van der Waals surface area contributed by atoms with E-state index >= 15 is 0 Å². The smallest absolute Gasteiger partial charge is 0.130 e. The monoisotopic (exact) mass is 155 g/mol. The van der Waals surface area contributed by atoms with Gasteiger partial charge in [-0.2, -0.15) is 0 Å². The molecule has 1 saturated heterocycles. The van der Waals surface area contributed by atoms with Crippen molar-refractivity contribution in [2.75, 3.05) is 19.6 Å². The van der Waals surface area contributed by atoms with Gasteiger partial charge in [0.05, 0.1) is 0 Å². The van der Waals surface area contributed by atoms with E-state index in [0.29, 0.717) is 11.7 Å². The van der Waals surface area contributed by atoms with Gasteiger partial charge in [-0.15, -0.1) is 0 Å². The number of ketones is 1. The maximum Gasteiger partial charge on any atom is 0.130 e. The fourth-order valence-electron chi connectivity index (χ4n) is 1.77. The number of rotatable bonds is 3. The summed E-state index contributed by atoms with van der Waals surface area (Å²) in [6.07, 6.45) is 2.00. The minimum absolute atomic E-state index is 0.341. The second-order valence-corrected chi connectivity index (χ2v) is 3.45. The highest BCUT2D eigenvalue weighted by atomic mass is 16.1. The van der Waals surface area contributed by atoms with Gasteiger partial charge in [-0.25, -0.2) is 0 Å². The second kappa shape index (κ2) is 3.86. The van der Waals surface area contributed by atoms with Gasteiger partial charge in [0.1, 0.15) is 5.78 Å². The topological polar surface area (TPSA) is 20.3 Å². The Morgan fingerprint density at radius 3 is 2.82 bits per heavy atom. The standard InChI is InChI=1S/C9H17NO/c1-3-10-5-4-9(7-10)6-8(2)11/h9H,3-7H2,1-2H3. The van der Waals surface area contributed by atoms with Crippen molar-refractivity contribution < 1.29 is 4.79 Å². The molecule has 0 aromatic heterocycles. The molecule has 0 saturated carbocycles. The number of carbonyl (C=O) groups excluding carboxylic acids is 1. The van der Waals surface area contributed by atoms with Crippen LogP contribution in [0.1, 0.15) is 26.7 Å². The van der Waals surface area contributed by atoms with Gasteiger partial charge < -0.3 is 9.69 Å². The molecule has 0 bridgehead atoms. The quantitative estimate of drug-likeness (QED) is 0.612. The summed E-state index contributed by atoms with van der Waals surface area (Å²) in [6, 6.07) is 0. The highest BCUT2D eigenvalue weighted by Crippen LogP contribution is 2.18. The first-order chi connectivity index (χ1) is 5.22. The number of carbonyl (C=O) groups is 1. The summed E-state index contributed by atoms with van der Waals surface area (Å²) in [5.74, 6) is 0.986. The zero-order valence-electron chi connectivity index (χ0n) is 7.47. The number of nitrogens with zero attached hydrogens (tertiary/aromatic N) is 1. The molecule has 1 heterocycles. The summed E-state index contributed by atoms with van der Waals surface area (Å²) in [5, 5.41) is 0. The summed E-state index contributed by atoms with van der Waals surface area (Å²) < 4.78 is 0. The molecular weight excluding hydrogens is 138 g/mol. The molecule has 0 amide bonds. The van der Waals surface area contributed by atoms with Crippen LogP contribution in [0.15, 0.2) is 0 Å². The van der Waals surface area contributed by atoms with Crippen LogP contribution in [0, 0.1) is 5.92 Å². The van der Waals surface area contributed by atoms with E-state index < -0.39 is 0 Å². The first kappa shape index (κ1) is 8.72. The number of hydrogen-bond donors (Lipinski definition) is 0. The van der Waals surface area contributed by atoms with Crippen molar-refractivity contribution in [3.05, 3.63) is 0 Å². The second-order valence-electron chi connectivity index (χ2n) is 3.45. The Hall–Kier alpha value is -0.370. The largest absolute Gasteiger partial charge is 0.303 e. The van der Waals surface area contributed by atoms with Crippen LogP contribution in [0.4, 0.5) is 0 Å². The van der Waals surface area contributed by atoms with E-state index in [9.17, 15) is 4.79 Å². The van der Waals surface area contributed by atoms with Gasteiger partial charge in [0.15, 0.2) is 0 Å². The predicted octanol–water partition coefficient (Wildman–Crippen LogP) is 1.31. The highest BCUT2D eigenvalue weighted by Gasteiger charge is 2.21. The third-order valence-electron chi connectivity index (χ3n) is 2.39. The average Bonchev–Trinajstić information content (AvgIpc) is 2.34. The molecule has 1 atom stereocenters. The maximum absolute atomic E-state index is 10.8. The molecule has 0 aliphatic carbocycles. The summed E-state index contributed by atoms with van der Waals surface area (Å²) in [6.45, 7) is 7.32. The van der Waals surface area contributed by atoms with Crippen molar-refractivity contribution in [3.63, 3.8) is 0 Å². The van der Waals surface area contributed by atoms with E-state index in [1.165, 1.54) is 13.0 Å². The van der Waals surface area contributed by atoms with Crippen LogP contribution in [0.5, 0.6) is 0 Å². The third-order valence-corrected chi connectivity index (χ3v) is 2.39. The number of likely N-dealkylation sites (tertiary alicyclic amines) is 1. The van der Waals surface area contributed by atoms with Crippen LogP contribution >= 0.6 is 0 Å². The van der Waals surface area contributed by atoms with Gasteiger partial charge in [-0.05, 0) is 32.4 Å². The van der Waals surface area contributed by atoms with Gasteiger partial charge in [-0.1, -0.05) is 6.92 Å². The highest BCUT2D eigenvalue weighted by molar-refractivity contribution is 5.75. The average molecular weight is 155 g/mol. The molecule has 0 radical (unpaired) electrons. The molecule has 0 spiro atoms. The molecule has 1 aliphatic rings. The van der Waals surface area contributed by atoms with Crippen LogP contribution in [-0.4, -0.2) is 30.3 Å². The molecular formula is C9H17NO. The Morgan fingerprint density at radius 1 is 1.64 bits per heavy atom. The van der Waals surface area contributed by atoms with E-state index in [4.69, 9.17) is 0 Å². The fourth-order valence-corrected chi connectivity index (χ4v) is 1.77. The van der Waals surface area contributed by atoms with E-state index in [0.717, 1.165) is 19.5 Å². The molecule has 1 rings (SSSR count). The van der Waals surface area contributed by atoms with Gasteiger partial charge in [0, 0.05) is 13.0 Å². The van der Waals surface area contributed by atoms with Gasteiger partial charge in [0.25, 0.3) is 0 Å². The van der Waals surface area contributed by atoms with Crippen molar-refractivity contribution in [3.8, 4) is 0 Å². The van der Waals surface area contributed by atoms with Crippen LogP contribution in [0.2, 0.25) is 0 Å². The molecule has 0 N–H and O–H groups in total. The lowest BCUT2D eigenvalue weighted by Crippen LogP contribution is -2.20.